The zero-order chi connectivity index (χ0) is 13.8. The summed E-state index contributed by atoms with van der Waals surface area (Å²) < 4.78 is 22.9. The Hall–Kier alpha value is -0.620. The molecule has 6 heteroatoms. The number of hydrogen-bond donors (Lipinski definition) is 2. The minimum Gasteiger partial charge on any atom is -0.353 e. The molecular formula is C12H24N2O3S. The maximum atomic E-state index is 11.8. The molecule has 1 amide bonds. The van der Waals surface area contributed by atoms with Crippen molar-refractivity contribution in [3.05, 3.63) is 0 Å². The van der Waals surface area contributed by atoms with Crippen LogP contribution in [0, 0.1) is 5.92 Å². The molecule has 1 saturated heterocycles. The molecule has 0 aromatic heterocycles. The Morgan fingerprint density at radius 1 is 1.44 bits per heavy atom. The summed E-state index contributed by atoms with van der Waals surface area (Å²) >= 11 is 0. The van der Waals surface area contributed by atoms with Crippen molar-refractivity contribution in [3.8, 4) is 0 Å². The zero-order valence-electron chi connectivity index (χ0n) is 11.4. The number of rotatable bonds is 5. The number of carbonyl (C=O) groups excluding carboxylic acids is 1. The van der Waals surface area contributed by atoms with Crippen LogP contribution in [0.5, 0.6) is 0 Å². The molecule has 0 radical (unpaired) electrons. The Balaban J connectivity index is 2.40. The van der Waals surface area contributed by atoms with Gasteiger partial charge in [0.15, 0.2) is 9.84 Å². The van der Waals surface area contributed by atoms with Gasteiger partial charge in [-0.25, -0.2) is 8.42 Å². The highest BCUT2D eigenvalue weighted by atomic mass is 32.2. The highest BCUT2D eigenvalue weighted by molar-refractivity contribution is 7.91. The van der Waals surface area contributed by atoms with E-state index in [-0.39, 0.29) is 35.9 Å². The fourth-order valence-electron chi connectivity index (χ4n) is 2.03. The van der Waals surface area contributed by atoms with Crippen molar-refractivity contribution in [2.24, 2.45) is 5.92 Å². The van der Waals surface area contributed by atoms with Crippen LogP contribution in [-0.2, 0) is 14.6 Å². The van der Waals surface area contributed by atoms with E-state index >= 15 is 0 Å². The van der Waals surface area contributed by atoms with Crippen molar-refractivity contribution in [2.75, 3.05) is 18.1 Å². The fraction of sp³-hybridized carbons (Fsp3) is 0.917. The summed E-state index contributed by atoms with van der Waals surface area (Å²) in [6, 6.07) is -0.115. The minimum absolute atomic E-state index is 0.0676. The molecule has 0 aromatic rings. The van der Waals surface area contributed by atoms with E-state index in [0.29, 0.717) is 12.5 Å². The Labute approximate surface area is 110 Å². The lowest BCUT2D eigenvalue weighted by Gasteiger charge is -2.25. The molecule has 0 aliphatic carbocycles. The van der Waals surface area contributed by atoms with Gasteiger partial charge >= 0.3 is 0 Å². The van der Waals surface area contributed by atoms with E-state index in [4.69, 9.17) is 0 Å². The maximum Gasteiger partial charge on any atom is 0.221 e. The summed E-state index contributed by atoms with van der Waals surface area (Å²) in [4.78, 5) is 11.8. The van der Waals surface area contributed by atoms with Crippen LogP contribution in [0.3, 0.4) is 0 Å². The van der Waals surface area contributed by atoms with E-state index in [1.54, 1.807) is 0 Å². The van der Waals surface area contributed by atoms with Crippen molar-refractivity contribution in [2.45, 2.75) is 45.7 Å². The summed E-state index contributed by atoms with van der Waals surface area (Å²) in [5, 5.41) is 6.01. The first kappa shape index (κ1) is 15.4. The second kappa shape index (κ2) is 6.52. The van der Waals surface area contributed by atoms with E-state index < -0.39 is 9.84 Å². The molecule has 0 aromatic carbocycles. The Kier molecular flexibility index (Phi) is 5.59. The normalized spacial score (nSPS) is 26.3. The molecule has 3 atom stereocenters. The Bertz CT molecular complexity index is 381. The van der Waals surface area contributed by atoms with Crippen molar-refractivity contribution in [3.63, 3.8) is 0 Å². The van der Waals surface area contributed by atoms with Crippen LogP contribution in [0.25, 0.3) is 0 Å². The monoisotopic (exact) mass is 276 g/mol. The first-order valence-electron chi connectivity index (χ1n) is 6.57. The molecule has 1 aliphatic rings. The van der Waals surface area contributed by atoms with Gasteiger partial charge in [-0.15, -0.1) is 0 Å². The highest BCUT2D eigenvalue weighted by Gasteiger charge is 2.26. The van der Waals surface area contributed by atoms with Crippen LogP contribution in [0.2, 0.25) is 0 Å². The van der Waals surface area contributed by atoms with Gasteiger partial charge in [0, 0.05) is 25.0 Å². The van der Waals surface area contributed by atoms with E-state index in [2.05, 4.69) is 24.5 Å². The van der Waals surface area contributed by atoms with Crippen molar-refractivity contribution < 1.29 is 13.2 Å². The predicted octanol–water partition coefficient (Wildman–Crippen LogP) is 0.314. The average Bonchev–Trinajstić information content (AvgIpc) is 2.26. The average molecular weight is 276 g/mol. The van der Waals surface area contributed by atoms with E-state index in [0.717, 1.165) is 6.42 Å². The first-order valence-corrected chi connectivity index (χ1v) is 8.39. The molecule has 1 heterocycles. The van der Waals surface area contributed by atoms with Crippen molar-refractivity contribution >= 4 is 15.7 Å². The molecule has 0 bridgehead atoms. The van der Waals surface area contributed by atoms with E-state index in [1.807, 2.05) is 6.92 Å². The number of sulfone groups is 1. The van der Waals surface area contributed by atoms with Crippen LogP contribution < -0.4 is 10.6 Å². The van der Waals surface area contributed by atoms with Gasteiger partial charge in [0.25, 0.3) is 0 Å². The Morgan fingerprint density at radius 3 is 2.67 bits per heavy atom. The molecule has 1 rings (SSSR count). The summed E-state index contributed by atoms with van der Waals surface area (Å²) in [5.41, 5.74) is 0. The molecule has 18 heavy (non-hydrogen) atoms. The van der Waals surface area contributed by atoms with Gasteiger partial charge < -0.3 is 10.6 Å². The van der Waals surface area contributed by atoms with Crippen LogP contribution in [0.1, 0.15) is 33.6 Å². The topological polar surface area (TPSA) is 75.3 Å². The molecule has 106 valence electrons. The maximum absolute atomic E-state index is 11.8. The molecule has 2 N–H and O–H groups in total. The predicted molar refractivity (Wildman–Crippen MR) is 72.1 cm³/mol. The van der Waals surface area contributed by atoms with Crippen molar-refractivity contribution in [1.82, 2.24) is 10.6 Å². The molecule has 0 saturated carbocycles. The number of amides is 1. The van der Waals surface area contributed by atoms with Crippen LogP contribution in [-0.4, -0.2) is 44.5 Å². The third kappa shape index (κ3) is 4.94. The quantitative estimate of drug-likeness (QED) is 0.758. The summed E-state index contributed by atoms with van der Waals surface area (Å²) in [6.07, 6.45) is 1.25. The van der Waals surface area contributed by atoms with Crippen LogP contribution in [0.15, 0.2) is 0 Å². The SMILES string of the molecule is CCC(C)C(C)NC(=O)CC1CS(=O)(=O)CCN1. The molecule has 0 spiro atoms. The summed E-state index contributed by atoms with van der Waals surface area (Å²) in [6.45, 7) is 6.61. The van der Waals surface area contributed by atoms with Gasteiger partial charge in [-0.05, 0) is 12.8 Å². The van der Waals surface area contributed by atoms with Gasteiger partial charge in [0.05, 0.1) is 11.5 Å². The number of carbonyl (C=O) groups is 1. The molecule has 1 aliphatic heterocycles. The molecule has 1 fully saturated rings. The lowest BCUT2D eigenvalue weighted by molar-refractivity contribution is -0.122. The van der Waals surface area contributed by atoms with Gasteiger partial charge in [0.1, 0.15) is 0 Å². The molecular weight excluding hydrogens is 252 g/mol. The lowest BCUT2D eigenvalue weighted by atomic mass is 10.0. The summed E-state index contributed by atoms with van der Waals surface area (Å²) in [7, 11) is -2.97. The fourth-order valence-corrected chi connectivity index (χ4v) is 3.48. The van der Waals surface area contributed by atoms with Crippen LogP contribution in [0.4, 0.5) is 0 Å². The van der Waals surface area contributed by atoms with Crippen molar-refractivity contribution in [1.29, 1.82) is 0 Å². The highest BCUT2D eigenvalue weighted by Crippen LogP contribution is 2.08. The lowest BCUT2D eigenvalue weighted by Crippen LogP contribution is -2.48. The summed E-state index contributed by atoms with van der Waals surface area (Å²) in [5.74, 6) is 0.599. The second-order valence-electron chi connectivity index (χ2n) is 5.21. The van der Waals surface area contributed by atoms with Crippen LogP contribution >= 0.6 is 0 Å². The third-order valence-electron chi connectivity index (χ3n) is 3.62. The van der Waals surface area contributed by atoms with Gasteiger partial charge in [-0.3, -0.25) is 4.79 Å². The third-order valence-corrected chi connectivity index (χ3v) is 5.36. The van der Waals surface area contributed by atoms with E-state index in [1.165, 1.54) is 0 Å². The smallest absolute Gasteiger partial charge is 0.221 e. The first-order chi connectivity index (χ1) is 8.34. The molecule has 5 nitrogen and oxygen atoms in total. The van der Waals surface area contributed by atoms with E-state index in [9.17, 15) is 13.2 Å². The second-order valence-corrected chi connectivity index (χ2v) is 7.44. The number of hydrogen-bond acceptors (Lipinski definition) is 4. The largest absolute Gasteiger partial charge is 0.353 e. The van der Waals surface area contributed by atoms with Gasteiger partial charge in [0.2, 0.25) is 5.91 Å². The molecule has 3 unspecified atom stereocenters. The minimum atomic E-state index is -2.97. The standard InChI is InChI=1S/C12H24N2O3S/c1-4-9(2)10(3)14-12(15)7-11-8-18(16,17)6-5-13-11/h9-11,13H,4-8H2,1-3H3,(H,14,15). The Morgan fingerprint density at radius 2 is 2.11 bits per heavy atom. The number of nitrogens with one attached hydrogen (secondary N) is 2. The van der Waals surface area contributed by atoms with Gasteiger partial charge in [-0.2, -0.15) is 0 Å². The zero-order valence-corrected chi connectivity index (χ0v) is 12.2. The van der Waals surface area contributed by atoms with Gasteiger partial charge in [-0.1, -0.05) is 20.3 Å².